The number of nitrogens with one attached hydrogen (secondary N) is 2. The Morgan fingerprint density at radius 3 is 1.96 bits per heavy atom. The number of hydrogen-bond donors (Lipinski definition) is 3. The first-order chi connectivity index (χ1) is 13.0. The Morgan fingerprint density at radius 1 is 0.852 bits per heavy atom. The number of ether oxygens (including phenoxy) is 3. The van der Waals surface area contributed by atoms with Gasteiger partial charge in [-0.25, -0.2) is 9.59 Å². The van der Waals surface area contributed by atoms with Crippen LogP contribution in [0.3, 0.4) is 0 Å². The first kappa shape index (κ1) is 19.9. The van der Waals surface area contributed by atoms with Crippen LogP contribution in [0.2, 0.25) is 0 Å². The van der Waals surface area contributed by atoms with Crippen molar-refractivity contribution >= 4 is 12.0 Å². The summed E-state index contributed by atoms with van der Waals surface area (Å²) in [7, 11) is 4.60. The number of aromatic carboxylic acids is 1. The molecule has 8 heteroatoms. The van der Waals surface area contributed by atoms with Gasteiger partial charge in [0.2, 0.25) is 0 Å². The molecule has 2 rings (SSSR count). The van der Waals surface area contributed by atoms with Crippen LogP contribution >= 0.6 is 0 Å². The Kier molecular flexibility index (Phi) is 6.87. The minimum atomic E-state index is -0.990. The van der Waals surface area contributed by atoms with Crippen molar-refractivity contribution in [2.75, 3.05) is 21.3 Å². The summed E-state index contributed by atoms with van der Waals surface area (Å²) in [4.78, 5) is 22.9. The molecule has 0 fully saturated rings. The molecular weight excluding hydrogens is 352 g/mol. The molecule has 0 radical (unpaired) electrons. The zero-order valence-corrected chi connectivity index (χ0v) is 15.4. The van der Waals surface area contributed by atoms with Crippen molar-refractivity contribution in [1.29, 1.82) is 0 Å². The van der Waals surface area contributed by atoms with Crippen LogP contribution in [0.1, 0.15) is 21.5 Å². The molecule has 8 nitrogen and oxygen atoms in total. The van der Waals surface area contributed by atoms with Gasteiger partial charge >= 0.3 is 12.0 Å². The van der Waals surface area contributed by atoms with Crippen molar-refractivity contribution in [3.63, 3.8) is 0 Å². The zero-order valence-electron chi connectivity index (χ0n) is 15.4. The maximum Gasteiger partial charge on any atom is 0.335 e. The summed E-state index contributed by atoms with van der Waals surface area (Å²) in [6.45, 7) is 0.502. The number of rotatable bonds is 8. The largest absolute Gasteiger partial charge is 0.496 e. The summed E-state index contributed by atoms with van der Waals surface area (Å²) >= 11 is 0. The summed E-state index contributed by atoms with van der Waals surface area (Å²) in [5.74, 6) is 0.648. The molecule has 0 aliphatic rings. The van der Waals surface area contributed by atoms with E-state index in [1.54, 1.807) is 24.3 Å². The molecule has 0 aliphatic heterocycles. The number of benzene rings is 2. The van der Waals surface area contributed by atoms with E-state index in [0.717, 1.165) is 11.1 Å². The van der Waals surface area contributed by atoms with Gasteiger partial charge in [-0.2, -0.15) is 0 Å². The lowest BCUT2D eigenvalue weighted by molar-refractivity contribution is 0.0697. The summed E-state index contributed by atoms with van der Waals surface area (Å²) < 4.78 is 15.8. The van der Waals surface area contributed by atoms with Crippen molar-refractivity contribution in [1.82, 2.24) is 10.6 Å². The number of carbonyl (C=O) groups is 2. The molecule has 144 valence electrons. The molecule has 2 aromatic rings. The lowest BCUT2D eigenvalue weighted by atomic mass is 10.1. The first-order valence-corrected chi connectivity index (χ1v) is 8.11. The summed E-state index contributed by atoms with van der Waals surface area (Å²) in [6.07, 6.45) is 0. The standard InChI is InChI=1S/C19H22N2O6/c1-25-15-9-17(27-3)16(26-2)8-14(15)11-21-19(24)20-10-12-4-6-13(7-5-12)18(22)23/h4-9H,10-11H2,1-3H3,(H,22,23)(H2,20,21,24). The number of carboxylic acid groups (broad SMARTS) is 1. The molecule has 0 saturated heterocycles. The van der Waals surface area contributed by atoms with E-state index < -0.39 is 5.97 Å². The smallest absolute Gasteiger partial charge is 0.335 e. The Labute approximate surface area is 157 Å². The van der Waals surface area contributed by atoms with Gasteiger partial charge in [-0.15, -0.1) is 0 Å². The SMILES string of the molecule is COc1cc(OC)c(OC)cc1CNC(=O)NCc1ccc(C(=O)O)cc1. The summed E-state index contributed by atoms with van der Waals surface area (Å²) in [6, 6.07) is 9.36. The second kappa shape index (κ2) is 9.33. The average molecular weight is 374 g/mol. The Hall–Kier alpha value is -3.42. The predicted molar refractivity (Wildman–Crippen MR) is 98.6 cm³/mol. The monoisotopic (exact) mass is 374 g/mol. The zero-order chi connectivity index (χ0) is 19.8. The minimum Gasteiger partial charge on any atom is -0.496 e. The molecule has 0 spiro atoms. The van der Waals surface area contributed by atoms with E-state index in [-0.39, 0.29) is 24.7 Å². The lowest BCUT2D eigenvalue weighted by Crippen LogP contribution is -2.34. The molecule has 3 N–H and O–H groups in total. The van der Waals surface area contributed by atoms with E-state index >= 15 is 0 Å². The van der Waals surface area contributed by atoms with E-state index in [2.05, 4.69) is 10.6 Å². The van der Waals surface area contributed by atoms with Crippen LogP contribution in [-0.4, -0.2) is 38.4 Å². The van der Waals surface area contributed by atoms with Crippen LogP contribution in [0.25, 0.3) is 0 Å². The number of carboxylic acids is 1. The van der Waals surface area contributed by atoms with Crippen molar-refractivity contribution < 1.29 is 28.9 Å². The Bertz CT molecular complexity index is 805. The van der Waals surface area contributed by atoms with Crippen LogP contribution in [0, 0.1) is 0 Å². The summed E-state index contributed by atoms with van der Waals surface area (Å²) in [5, 5.41) is 14.3. The highest BCUT2D eigenvalue weighted by atomic mass is 16.5. The van der Waals surface area contributed by atoms with Crippen LogP contribution in [0.5, 0.6) is 17.2 Å². The van der Waals surface area contributed by atoms with E-state index in [0.29, 0.717) is 17.2 Å². The molecule has 0 atom stereocenters. The van der Waals surface area contributed by atoms with Gasteiger partial charge in [0, 0.05) is 24.7 Å². The molecule has 0 saturated carbocycles. The summed E-state index contributed by atoms with van der Waals surface area (Å²) in [5.41, 5.74) is 1.72. The molecule has 2 amide bonds. The highest BCUT2D eigenvalue weighted by Gasteiger charge is 2.12. The van der Waals surface area contributed by atoms with Crippen molar-refractivity contribution in [2.24, 2.45) is 0 Å². The van der Waals surface area contributed by atoms with Gasteiger partial charge in [0.1, 0.15) is 5.75 Å². The number of methoxy groups -OCH3 is 3. The third-order valence-electron chi connectivity index (χ3n) is 3.88. The quantitative estimate of drug-likeness (QED) is 0.655. The predicted octanol–water partition coefficient (Wildman–Crippen LogP) is 2.41. The van der Waals surface area contributed by atoms with E-state index in [1.165, 1.54) is 33.5 Å². The Balaban J connectivity index is 1.94. The molecule has 0 heterocycles. The van der Waals surface area contributed by atoms with Gasteiger partial charge < -0.3 is 30.0 Å². The number of amides is 2. The maximum atomic E-state index is 12.0. The van der Waals surface area contributed by atoms with Gasteiger partial charge in [0.15, 0.2) is 11.5 Å². The Morgan fingerprint density at radius 2 is 1.41 bits per heavy atom. The molecule has 27 heavy (non-hydrogen) atoms. The average Bonchev–Trinajstić information content (AvgIpc) is 2.70. The van der Waals surface area contributed by atoms with E-state index in [4.69, 9.17) is 19.3 Å². The lowest BCUT2D eigenvalue weighted by Gasteiger charge is -2.15. The van der Waals surface area contributed by atoms with Crippen molar-refractivity contribution in [2.45, 2.75) is 13.1 Å². The molecule has 0 unspecified atom stereocenters. The van der Waals surface area contributed by atoms with E-state index in [1.807, 2.05) is 0 Å². The van der Waals surface area contributed by atoms with Gasteiger partial charge in [0.05, 0.1) is 26.9 Å². The fourth-order valence-electron chi connectivity index (χ4n) is 2.42. The number of urea groups is 1. The normalized spacial score (nSPS) is 10.0. The minimum absolute atomic E-state index is 0.198. The van der Waals surface area contributed by atoms with Crippen LogP contribution < -0.4 is 24.8 Å². The molecule has 0 aromatic heterocycles. The number of carbonyl (C=O) groups excluding carboxylic acids is 1. The van der Waals surface area contributed by atoms with Gasteiger partial charge in [0.25, 0.3) is 0 Å². The molecule has 0 aliphatic carbocycles. The third-order valence-corrected chi connectivity index (χ3v) is 3.88. The topological polar surface area (TPSA) is 106 Å². The van der Waals surface area contributed by atoms with Crippen LogP contribution in [0.15, 0.2) is 36.4 Å². The van der Waals surface area contributed by atoms with Gasteiger partial charge in [-0.3, -0.25) is 0 Å². The maximum absolute atomic E-state index is 12.0. The van der Waals surface area contributed by atoms with Crippen LogP contribution in [0.4, 0.5) is 4.79 Å². The van der Waals surface area contributed by atoms with Crippen LogP contribution in [-0.2, 0) is 13.1 Å². The highest BCUT2D eigenvalue weighted by molar-refractivity contribution is 5.87. The van der Waals surface area contributed by atoms with E-state index in [9.17, 15) is 9.59 Å². The highest BCUT2D eigenvalue weighted by Crippen LogP contribution is 2.34. The van der Waals surface area contributed by atoms with Crippen molar-refractivity contribution in [3.05, 3.63) is 53.1 Å². The molecule has 2 aromatic carbocycles. The third kappa shape index (κ3) is 5.27. The molecule has 0 bridgehead atoms. The number of hydrogen-bond acceptors (Lipinski definition) is 5. The van der Waals surface area contributed by atoms with Gasteiger partial charge in [-0.1, -0.05) is 12.1 Å². The fraction of sp³-hybridized carbons (Fsp3) is 0.263. The second-order valence-corrected chi connectivity index (χ2v) is 5.56. The first-order valence-electron chi connectivity index (χ1n) is 8.11. The van der Waals surface area contributed by atoms with Gasteiger partial charge in [-0.05, 0) is 23.8 Å². The molecular formula is C19H22N2O6. The second-order valence-electron chi connectivity index (χ2n) is 5.56. The fourth-order valence-corrected chi connectivity index (χ4v) is 2.42. The van der Waals surface area contributed by atoms with Crippen molar-refractivity contribution in [3.8, 4) is 17.2 Å².